The predicted octanol–water partition coefficient (Wildman–Crippen LogP) is 1.80. The van der Waals surface area contributed by atoms with Crippen molar-refractivity contribution in [2.45, 2.75) is 26.4 Å². The fraction of sp³-hybridized carbons (Fsp3) is 0.500. The summed E-state index contributed by atoms with van der Waals surface area (Å²) in [5, 5.41) is 6.16. The predicted molar refractivity (Wildman–Crippen MR) is 76.5 cm³/mol. The van der Waals surface area contributed by atoms with E-state index >= 15 is 0 Å². The molecule has 0 fully saturated rings. The van der Waals surface area contributed by atoms with Gasteiger partial charge in [-0.25, -0.2) is 0 Å². The van der Waals surface area contributed by atoms with E-state index in [1.165, 1.54) is 0 Å². The normalized spacial score (nSPS) is 19.1. The van der Waals surface area contributed by atoms with Crippen molar-refractivity contribution >= 4 is 17.3 Å². The highest BCUT2D eigenvalue weighted by molar-refractivity contribution is 5.98. The van der Waals surface area contributed by atoms with E-state index in [9.17, 15) is 4.79 Å². The smallest absolute Gasteiger partial charge is 0.265 e. The van der Waals surface area contributed by atoms with E-state index in [1.807, 2.05) is 18.2 Å². The Balaban J connectivity index is 1.97. The molecule has 19 heavy (non-hydrogen) atoms. The van der Waals surface area contributed by atoms with Crippen molar-refractivity contribution in [2.75, 3.05) is 23.7 Å². The number of hydrogen-bond acceptors (Lipinski definition) is 4. The average molecular weight is 263 g/mol. The quantitative estimate of drug-likeness (QED) is 0.757. The van der Waals surface area contributed by atoms with Crippen LogP contribution in [0.1, 0.15) is 20.3 Å². The molecular formula is C14H21N3O2. The Bertz CT molecular complexity index is 462. The van der Waals surface area contributed by atoms with Crippen molar-refractivity contribution < 1.29 is 9.53 Å². The maximum atomic E-state index is 11.5. The summed E-state index contributed by atoms with van der Waals surface area (Å²) >= 11 is 0. The monoisotopic (exact) mass is 263 g/mol. The Morgan fingerprint density at radius 1 is 1.53 bits per heavy atom. The Hall–Kier alpha value is -1.75. The van der Waals surface area contributed by atoms with E-state index in [2.05, 4.69) is 17.6 Å². The first-order chi connectivity index (χ1) is 9.10. The van der Waals surface area contributed by atoms with Crippen LogP contribution in [0.15, 0.2) is 18.2 Å². The summed E-state index contributed by atoms with van der Waals surface area (Å²) in [7, 11) is 0. The van der Waals surface area contributed by atoms with Gasteiger partial charge >= 0.3 is 0 Å². The largest absolute Gasteiger partial charge is 0.479 e. The maximum Gasteiger partial charge on any atom is 0.265 e. The van der Waals surface area contributed by atoms with Gasteiger partial charge < -0.3 is 21.1 Å². The number of carbonyl (C=O) groups excluding carboxylic acids is 1. The van der Waals surface area contributed by atoms with Crippen LogP contribution < -0.4 is 21.1 Å². The standard InChI is InChI=1S/C14H21N3O2/c1-9(8-15)5-6-16-11-3-4-13-12(7-11)17-14(18)10(2)19-13/h3-4,7,9-10,16H,5-6,8,15H2,1-2H3,(H,17,18). The highest BCUT2D eigenvalue weighted by Crippen LogP contribution is 2.32. The molecule has 0 bridgehead atoms. The summed E-state index contributed by atoms with van der Waals surface area (Å²) < 4.78 is 5.50. The molecule has 0 saturated heterocycles. The van der Waals surface area contributed by atoms with Crippen LogP contribution in [0.3, 0.4) is 0 Å². The van der Waals surface area contributed by atoms with Crippen molar-refractivity contribution in [3.63, 3.8) is 0 Å². The third-order valence-electron chi connectivity index (χ3n) is 3.28. The molecule has 0 aromatic heterocycles. The van der Waals surface area contributed by atoms with Gasteiger partial charge in [0.2, 0.25) is 0 Å². The van der Waals surface area contributed by atoms with Crippen LogP contribution in [0, 0.1) is 5.92 Å². The lowest BCUT2D eigenvalue weighted by atomic mass is 10.1. The summed E-state index contributed by atoms with van der Waals surface area (Å²) in [5.41, 5.74) is 7.27. The number of hydrogen-bond donors (Lipinski definition) is 3. The summed E-state index contributed by atoms with van der Waals surface area (Å²) in [4.78, 5) is 11.5. The van der Waals surface area contributed by atoms with Gasteiger partial charge in [0, 0.05) is 12.2 Å². The van der Waals surface area contributed by atoms with Crippen LogP contribution in [0.25, 0.3) is 0 Å². The lowest BCUT2D eigenvalue weighted by Crippen LogP contribution is -2.34. The second-order valence-corrected chi connectivity index (χ2v) is 5.02. The van der Waals surface area contributed by atoms with Crippen LogP contribution >= 0.6 is 0 Å². The van der Waals surface area contributed by atoms with Crippen LogP contribution in [-0.4, -0.2) is 25.1 Å². The van der Waals surface area contributed by atoms with Gasteiger partial charge in [0.25, 0.3) is 5.91 Å². The summed E-state index contributed by atoms with van der Waals surface area (Å²) in [6.07, 6.45) is 0.588. The third kappa shape index (κ3) is 3.38. The molecule has 2 rings (SSSR count). The molecule has 0 saturated carbocycles. The van der Waals surface area contributed by atoms with E-state index in [0.29, 0.717) is 18.2 Å². The van der Waals surface area contributed by atoms with E-state index in [1.54, 1.807) is 6.92 Å². The summed E-state index contributed by atoms with van der Waals surface area (Å²) in [5.74, 6) is 1.11. The van der Waals surface area contributed by atoms with Gasteiger partial charge in [0.1, 0.15) is 5.75 Å². The van der Waals surface area contributed by atoms with Crippen LogP contribution in [-0.2, 0) is 4.79 Å². The number of nitrogens with two attached hydrogens (primary N) is 1. The van der Waals surface area contributed by atoms with Crippen molar-refractivity contribution in [1.82, 2.24) is 0 Å². The molecule has 2 unspecified atom stereocenters. The topological polar surface area (TPSA) is 76.4 Å². The number of carbonyl (C=O) groups is 1. The Labute approximate surface area is 113 Å². The number of ether oxygens (including phenoxy) is 1. The number of benzene rings is 1. The van der Waals surface area contributed by atoms with Gasteiger partial charge in [-0.2, -0.15) is 0 Å². The van der Waals surface area contributed by atoms with Crippen LogP contribution in [0.5, 0.6) is 5.75 Å². The molecule has 104 valence electrons. The van der Waals surface area contributed by atoms with Crippen LogP contribution in [0.2, 0.25) is 0 Å². The molecule has 5 nitrogen and oxygen atoms in total. The van der Waals surface area contributed by atoms with Gasteiger partial charge in [-0.05, 0) is 44.0 Å². The van der Waals surface area contributed by atoms with Crippen molar-refractivity contribution in [3.05, 3.63) is 18.2 Å². The van der Waals surface area contributed by atoms with Gasteiger partial charge in [-0.1, -0.05) is 6.92 Å². The molecule has 1 aromatic rings. The molecule has 1 aliphatic rings. The molecule has 4 N–H and O–H groups in total. The molecule has 5 heteroatoms. The van der Waals surface area contributed by atoms with Gasteiger partial charge in [-0.15, -0.1) is 0 Å². The first-order valence-corrected chi connectivity index (χ1v) is 6.65. The zero-order chi connectivity index (χ0) is 13.8. The number of fused-ring (bicyclic) bond motifs is 1. The highest BCUT2D eigenvalue weighted by Gasteiger charge is 2.23. The summed E-state index contributed by atoms with van der Waals surface area (Å²) in [6.45, 7) is 5.43. The molecule has 2 atom stereocenters. The fourth-order valence-electron chi connectivity index (χ4n) is 1.90. The molecule has 1 aromatic carbocycles. The average Bonchev–Trinajstić information content (AvgIpc) is 2.40. The Kier molecular flexibility index (Phi) is 4.27. The zero-order valence-corrected chi connectivity index (χ0v) is 11.4. The maximum absolute atomic E-state index is 11.5. The molecule has 1 aliphatic heterocycles. The SMILES string of the molecule is CC(CN)CCNc1ccc2c(c1)NC(=O)C(C)O2. The Morgan fingerprint density at radius 3 is 3.05 bits per heavy atom. The molecule has 0 radical (unpaired) electrons. The number of amides is 1. The van der Waals surface area contributed by atoms with Crippen LogP contribution in [0.4, 0.5) is 11.4 Å². The van der Waals surface area contributed by atoms with E-state index in [0.717, 1.165) is 24.3 Å². The summed E-state index contributed by atoms with van der Waals surface area (Å²) in [6, 6.07) is 5.72. The number of rotatable bonds is 5. The van der Waals surface area contributed by atoms with Crippen molar-refractivity contribution in [1.29, 1.82) is 0 Å². The minimum Gasteiger partial charge on any atom is -0.479 e. The van der Waals surface area contributed by atoms with Gasteiger partial charge in [0.05, 0.1) is 5.69 Å². The number of anilines is 2. The second kappa shape index (κ2) is 5.93. The molecular weight excluding hydrogens is 242 g/mol. The molecule has 1 amide bonds. The fourth-order valence-corrected chi connectivity index (χ4v) is 1.90. The lowest BCUT2D eigenvalue weighted by Gasteiger charge is -2.23. The minimum atomic E-state index is -0.434. The third-order valence-corrected chi connectivity index (χ3v) is 3.28. The van der Waals surface area contributed by atoms with E-state index in [4.69, 9.17) is 10.5 Å². The number of nitrogens with one attached hydrogen (secondary N) is 2. The van der Waals surface area contributed by atoms with Crippen molar-refractivity contribution in [2.24, 2.45) is 11.7 Å². The van der Waals surface area contributed by atoms with Gasteiger partial charge in [-0.3, -0.25) is 4.79 Å². The first kappa shape index (κ1) is 13.7. The van der Waals surface area contributed by atoms with E-state index in [-0.39, 0.29) is 5.91 Å². The highest BCUT2D eigenvalue weighted by atomic mass is 16.5. The zero-order valence-electron chi connectivity index (χ0n) is 11.4. The second-order valence-electron chi connectivity index (χ2n) is 5.02. The van der Waals surface area contributed by atoms with E-state index < -0.39 is 6.10 Å². The first-order valence-electron chi connectivity index (χ1n) is 6.65. The minimum absolute atomic E-state index is 0.110. The lowest BCUT2D eigenvalue weighted by molar-refractivity contribution is -0.122. The molecule has 0 aliphatic carbocycles. The van der Waals surface area contributed by atoms with Gasteiger partial charge in [0.15, 0.2) is 6.10 Å². The Morgan fingerprint density at radius 2 is 2.32 bits per heavy atom. The molecule has 1 heterocycles. The van der Waals surface area contributed by atoms with Crippen molar-refractivity contribution in [3.8, 4) is 5.75 Å². The molecule has 0 spiro atoms.